The van der Waals surface area contributed by atoms with Crippen LogP contribution in [-0.2, 0) is 27.2 Å². The maximum atomic E-state index is 12.4. The van der Waals surface area contributed by atoms with Gasteiger partial charge in [-0.25, -0.2) is 0 Å². The Hall–Kier alpha value is 0.378. The molecule has 7 nitrogen and oxygen atoms in total. The molecule has 0 bridgehead atoms. The fourth-order valence-corrected chi connectivity index (χ4v) is 3.42. The van der Waals surface area contributed by atoms with Crippen molar-refractivity contribution in [2.75, 3.05) is 0 Å². The van der Waals surface area contributed by atoms with E-state index < -0.39 is 36.9 Å². The minimum atomic E-state index is -5.20. The van der Waals surface area contributed by atoms with Crippen molar-refractivity contribution >= 4 is 20.1 Å². The molecule has 0 atom stereocenters. The van der Waals surface area contributed by atoms with Crippen LogP contribution in [0.4, 0.5) is 0 Å². The summed E-state index contributed by atoms with van der Waals surface area (Å²) in [5.74, 6) is 0. The van der Waals surface area contributed by atoms with E-state index in [0.29, 0.717) is 0 Å². The second-order valence-corrected chi connectivity index (χ2v) is 11.1. The van der Waals surface area contributed by atoms with Crippen molar-refractivity contribution in [3.05, 3.63) is 0 Å². The predicted octanol–water partition coefficient (Wildman–Crippen LogP) is 3.09. The molecular formula is C12H27O7Sb. The van der Waals surface area contributed by atoms with Gasteiger partial charge in [0.2, 0.25) is 0 Å². The van der Waals surface area contributed by atoms with Gasteiger partial charge in [0.1, 0.15) is 0 Å². The summed E-state index contributed by atoms with van der Waals surface area (Å²) < 4.78 is 26.9. The average Bonchev–Trinajstić information content (AvgIpc) is 2.18. The van der Waals surface area contributed by atoms with Gasteiger partial charge in [-0.1, -0.05) is 0 Å². The third-order valence-corrected chi connectivity index (χ3v) is 3.34. The first-order valence-electron chi connectivity index (χ1n) is 6.34. The van der Waals surface area contributed by atoms with Crippen molar-refractivity contribution in [3.8, 4) is 0 Å². The van der Waals surface area contributed by atoms with Crippen LogP contribution in [0.2, 0.25) is 0 Å². The van der Waals surface area contributed by atoms with E-state index in [-0.39, 0.29) is 0 Å². The van der Waals surface area contributed by atoms with Crippen molar-refractivity contribution in [1.82, 2.24) is 0 Å². The standard InChI is InChI=1S/3C4H10O2.O.Sb/c3*1-4(2,3)6-5;;/h3*5H,1-3H3;;/q;;;;+3/p-3. The van der Waals surface area contributed by atoms with Gasteiger partial charge in [0, 0.05) is 0 Å². The Morgan fingerprint density at radius 3 is 0.900 bits per heavy atom. The van der Waals surface area contributed by atoms with E-state index in [4.69, 9.17) is 24.2 Å². The zero-order chi connectivity index (χ0) is 16.2. The van der Waals surface area contributed by atoms with Crippen LogP contribution >= 0.6 is 0 Å². The Balaban J connectivity index is 4.71. The predicted molar refractivity (Wildman–Crippen MR) is 72.2 cm³/mol. The van der Waals surface area contributed by atoms with E-state index in [1.165, 1.54) is 0 Å². The average molecular weight is 405 g/mol. The zero-order valence-corrected chi connectivity index (χ0v) is 16.4. The van der Waals surface area contributed by atoms with E-state index in [1.807, 2.05) is 0 Å². The van der Waals surface area contributed by atoms with Crippen LogP contribution in [-0.4, -0.2) is 36.9 Å². The van der Waals surface area contributed by atoms with Crippen molar-refractivity contribution in [3.63, 3.8) is 0 Å². The van der Waals surface area contributed by atoms with E-state index >= 15 is 0 Å². The van der Waals surface area contributed by atoms with E-state index in [1.54, 1.807) is 62.3 Å². The molecule has 0 radical (unpaired) electrons. The Bertz CT molecular complexity index is 283. The molecule has 0 saturated carbocycles. The normalized spacial score (nSPS) is 14.7. The SMILES string of the molecule is CC(C)(C)O[O][Sb](=[O])([O]OC(C)(C)C)[O]OC(C)(C)C. The van der Waals surface area contributed by atoms with Crippen LogP contribution in [0.1, 0.15) is 62.3 Å². The molecule has 0 aliphatic carbocycles. The zero-order valence-electron chi connectivity index (χ0n) is 13.8. The molecule has 0 N–H and O–H groups in total. The van der Waals surface area contributed by atoms with Gasteiger partial charge in [-0.3, -0.25) is 0 Å². The Morgan fingerprint density at radius 2 is 0.750 bits per heavy atom. The molecule has 0 saturated heterocycles. The number of hydrogen-bond acceptors (Lipinski definition) is 7. The molecule has 0 aromatic rings. The van der Waals surface area contributed by atoms with Crippen LogP contribution in [0.5, 0.6) is 0 Å². The van der Waals surface area contributed by atoms with Crippen LogP contribution in [0.15, 0.2) is 0 Å². The fraction of sp³-hybridized carbons (Fsp3) is 1.00. The molecule has 0 unspecified atom stereocenters. The molecule has 0 heterocycles. The molecule has 0 aromatic carbocycles. The topological polar surface area (TPSA) is 72.5 Å². The van der Waals surface area contributed by atoms with Gasteiger partial charge in [-0.2, -0.15) is 0 Å². The molecule has 0 aromatic heterocycles. The second kappa shape index (κ2) is 7.09. The van der Waals surface area contributed by atoms with Gasteiger partial charge in [-0.05, 0) is 0 Å². The first kappa shape index (κ1) is 20.4. The Labute approximate surface area is 126 Å². The van der Waals surface area contributed by atoms with Gasteiger partial charge < -0.3 is 0 Å². The third kappa shape index (κ3) is 12.1. The molecular weight excluding hydrogens is 378 g/mol. The van der Waals surface area contributed by atoms with Crippen LogP contribution in [0.3, 0.4) is 0 Å². The summed E-state index contributed by atoms with van der Waals surface area (Å²) in [6, 6.07) is 0. The molecule has 122 valence electrons. The van der Waals surface area contributed by atoms with Crippen LogP contribution in [0, 0.1) is 0 Å². The molecule has 0 fully saturated rings. The summed E-state index contributed by atoms with van der Waals surface area (Å²) in [5.41, 5.74) is -2.04. The third-order valence-electron chi connectivity index (χ3n) is 1.14. The van der Waals surface area contributed by atoms with Crippen molar-refractivity contribution in [2.45, 2.75) is 79.1 Å². The minimum absolute atomic E-state index is 0.680. The first-order valence-corrected chi connectivity index (χ1v) is 10.5. The van der Waals surface area contributed by atoms with Crippen LogP contribution < -0.4 is 0 Å². The number of rotatable bonds is 6. The molecule has 0 amide bonds. The summed E-state index contributed by atoms with van der Waals surface area (Å²) in [5, 5.41) is 0. The van der Waals surface area contributed by atoms with Crippen molar-refractivity contribution < 1.29 is 27.2 Å². The Morgan fingerprint density at radius 1 is 0.550 bits per heavy atom. The van der Waals surface area contributed by atoms with E-state index in [9.17, 15) is 3.02 Å². The van der Waals surface area contributed by atoms with Crippen molar-refractivity contribution in [2.24, 2.45) is 0 Å². The van der Waals surface area contributed by atoms with E-state index in [0.717, 1.165) is 0 Å². The molecule has 0 rings (SSSR count). The fourth-order valence-electron chi connectivity index (χ4n) is 0.510. The summed E-state index contributed by atoms with van der Waals surface area (Å²) in [6.45, 7) is 15.6. The quantitative estimate of drug-likeness (QED) is 0.382. The summed E-state index contributed by atoms with van der Waals surface area (Å²) in [7, 11) is 0. The van der Waals surface area contributed by atoms with E-state index in [2.05, 4.69) is 0 Å². The summed E-state index contributed by atoms with van der Waals surface area (Å²) in [6.07, 6.45) is 0. The summed E-state index contributed by atoms with van der Waals surface area (Å²) >= 11 is -5.20. The second-order valence-electron chi connectivity index (χ2n) is 7.26. The molecule has 0 spiro atoms. The monoisotopic (exact) mass is 404 g/mol. The van der Waals surface area contributed by atoms with Gasteiger partial charge in [0.25, 0.3) is 0 Å². The molecule has 0 aliphatic heterocycles. The molecule has 20 heavy (non-hydrogen) atoms. The van der Waals surface area contributed by atoms with Crippen LogP contribution in [0.25, 0.3) is 0 Å². The van der Waals surface area contributed by atoms with Crippen molar-refractivity contribution in [1.29, 1.82) is 0 Å². The van der Waals surface area contributed by atoms with Gasteiger partial charge >= 0.3 is 126 Å². The Kier molecular flexibility index (Phi) is 7.23. The number of hydrogen-bond donors (Lipinski definition) is 0. The van der Waals surface area contributed by atoms with Gasteiger partial charge in [-0.15, -0.1) is 0 Å². The molecule has 0 aliphatic rings. The maximum absolute atomic E-state index is 12.4. The van der Waals surface area contributed by atoms with Gasteiger partial charge in [0.15, 0.2) is 0 Å². The first-order chi connectivity index (χ1) is 8.62. The van der Waals surface area contributed by atoms with Gasteiger partial charge in [0.05, 0.1) is 0 Å². The summed E-state index contributed by atoms with van der Waals surface area (Å²) in [4.78, 5) is 15.0. The molecule has 8 heteroatoms.